The standard InChI is InChI=1S/C11H15ClO2/c1-13-8-2-3-9-14-11-6-4-10(12)5-7-11/h4-7H,2-3,8-9H2,1H3. The maximum absolute atomic E-state index is 5.74. The van der Waals surface area contributed by atoms with Crippen molar-refractivity contribution in [3.63, 3.8) is 0 Å². The Morgan fingerprint density at radius 3 is 2.36 bits per heavy atom. The van der Waals surface area contributed by atoms with Gasteiger partial charge >= 0.3 is 0 Å². The van der Waals surface area contributed by atoms with Crippen LogP contribution in [0.4, 0.5) is 0 Å². The van der Waals surface area contributed by atoms with E-state index in [4.69, 9.17) is 21.1 Å². The Morgan fingerprint density at radius 1 is 1.07 bits per heavy atom. The van der Waals surface area contributed by atoms with E-state index < -0.39 is 0 Å². The molecule has 3 heteroatoms. The lowest BCUT2D eigenvalue weighted by Crippen LogP contribution is -1.99. The molecule has 0 aliphatic rings. The minimum absolute atomic E-state index is 0.727. The fraction of sp³-hybridized carbons (Fsp3) is 0.455. The van der Waals surface area contributed by atoms with E-state index in [0.717, 1.165) is 36.8 Å². The molecular weight excluding hydrogens is 200 g/mol. The van der Waals surface area contributed by atoms with Crippen LogP contribution in [0.1, 0.15) is 12.8 Å². The van der Waals surface area contributed by atoms with Crippen molar-refractivity contribution in [1.82, 2.24) is 0 Å². The second-order valence-electron chi connectivity index (χ2n) is 3.00. The predicted octanol–water partition coefficient (Wildman–Crippen LogP) is 3.15. The summed E-state index contributed by atoms with van der Waals surface area (Å²) in [5, 5.41) is 0.733. The SMILES string of the molecule is COCCCCOc1ccc(Cl)cc1. The van der Waals surface area contributed by atoms with Gasteiger partial charge in [-0.05, 0) is 37.1 Å². The van der Waals surface area contributed by atoms with Crippen LogP contribution in [0.3, 0.4) is 0 Å². The number of benzene rings is 1. The number of hydrogen-bond donors (Lipinski definition) is 0. The Hall–Kier alpha value is -0.730. The quantitative estimate of drug-likeness (QED) is 0.678. The summed E-state index contributed by atoms with van der Waals surface area (Å²) in [7, 11) is 1.71. The summed E-state index contributed by atoms with van der Waals surface area (Å²) in [6.07, 6.45) is 2.04. The highest BCUT2D eigenvalue weighted by Crippen LogP contribution is 2.15. The summed E-state index contributed by atoms with van der Waals surface area (Å²) in [5.74, 6) is 0.867. The van der Waals surface area contributed by atoms with Crippen LogP contribution in [-0.2, 0) is 4.74 Å². The monoisotopic (exact) mass is 214 g/mol. The highest BCUT2D eigenvalue weighted by molar-refractivity contribution is 6.30. The molecule has 0 unspecified atom stereocenters. The number of halogens is 1. The van der Waals surface area contributed by atoms with Crippen LogP contribution < -0.4 is 4.74 Å². The predicted molar refractivity (Wildman–Crippen MR) is 58.1 cm³/mol. The van der Waals surface area contributed by atoms with Gasteiger partial charge in [0.2, 0.25) is 0 Å². The van der Waals surface area contributed by atoms with Gasteiger partial charge in [-0.25, -0.2) is 0 Å². The first-order chi connectivity index (χ1) is 6.83. The van der Waals surface area contributed by atoms with E-state index >= 15 is 0 Å². The highest BCUT2D eigenvalue weighted by atomic mass is 35.5. The molecule has 0 radical (unpaired) electrons. The van der Waals surface area contributed by atoms with E-state index in [0.29, 0.717) is 0 Å². The summed E-state index contributed by atoms with van der Waals surface area (Å²) in [5.41, 5.74) is 0. The van der Waals surface area contributed by atoms with E-state index in [1.54, 1.807) is 7.11 Å². The molecule has 1 rings (SSSR count). The third-order valence-electron chi connectivity index (χ3n) is 1.83. The summed E-state index contributed by atoms with van der Waals surface area (Å²) in [6, 6.07) is 7.40. The first-order valence-corrected chi connectivity index (χ1v) is 5.08. The van der Waals surface area contributed by atoms with Crippen LogP contribution in [0.2, 0.25) is 5.02 Å². The van der Waals surface area contributed by atoms with Crippen LogP contribution in [0.15, 0.2) is 24.3 Å². The van der Waals surface area contributed by atoms with Crippen molar-refractivity contribution < 1.29 is 9.47 Å². The van der Waals surface area contributed by atoms with Crippen molar-refractivity contribution in [2.24, 2.45) is 0 Å². The summed E-state index contributed by atoms with van der Waals surface area (Å²) in [4.78, 5) is 0. The molecule has 0 atom stereocenters. The average molecular weight is 215 g/mol. The number of methoxy groups -OCH3 is 1. The van der Waals surface area contributed by atoms with E-state index in [1.165, 1.54) is 0 Å². The van der Waals surface area contributed by atoms with Crippen molar-refractivity contribution in [2.45, 2.75) is 12.8 Å². The largest absolute Gasteiger partial charge is 0.494 e. The Labute approximate surface area is 89.8 Å². The van der Waals surface area contributed by atoms with Gasteiger partial charge in [-0.3, -0.25) is 0 Å². The lowest BCUT2D eigenvalue weighted by molar-refractivity contribution is 0.184. The molecule has 78 valence electrons. The molecule has 0 N–H and O–H groups in total. The van der Waals surface area contributed by atoms with E-state index in [1.807, 2.05) is 24.3 Å². The van der Waals surface area contributed by atoms with Gasteiger partial charge in [0.15, 0.2) is 0 Å². The molecule has 0 saturated carbocycles. The zero-order valence-corrected chi connectivity index (χ0v) is 9.09. The van der Waals surface area contributed by atoms with E-state index in [2.05, 4.69) is 0 Å². The van der Waals surface area contributed by atoms with Crippen molar-refractivity contribution in [3.8, 4) is 5.75 Å². The number of hydrogen-bond acceptors (Lipinski definition) is 2. The van der Waals surface area contributed by atoms with Crippen molar-refractivity contribution in [1.29, 1.82) is 0 Å². The van der Waals surface area contributed by atoms with Gasteiger partial charge in [-0.2, -0.15) is 0 Å². The zero-order valence-electron chi connectivity index (χ0n) is 8.33. The fourth-order valence-corrected chi connectivity index (χ4v) is 1.20. The van der Waals surface area contributed by atoms with Crippen LogP contribution in [0.5, 0.6) is 5.75 Å². The summed E-state index contributed by atoms with van der Waals surface area (Å²) >= 11 is 5.74. The molecule has 0 aromatic heterocycles. The molecule has 0 spiro atoms. The van der Waals surface area contributed by atoms with Gasteiger partial charge < -0.3 is 9.47 Å². The average Bonchev–Trinajstić information content (AvgIpc) is 2.21. The van der Waals surface area contributed by atoms with E-state index in [9.17, 15) is 0 Å². The maximum Gasteiger partial charge on any atom is 0.119 e. The molecule has 0 bridgehead atoms. The molecule has 0 amide bonds. The molecule has 0 aliphatic carbocycles. The number of rotatable bonds is 6. The van der Waals surface area contributed by atoms with Gasteiger partial charge in [-0.1, -0.05) is 11.6 Å². The first kappa shape index (κ1) is 11.3. The number of ether oxygens (including phenoxy) is 2. The Bertz CT molecular complexity index is 246. The van der Waals surface area contributed by atoms with Crippen molar-refractivity contribution in [2.75, 3.05) is 20.3 Å². The normalized spacial score (nSPS) is 10.1. The Balaban J connectivity index is 2.15. The molecule has 0 fully saturated rings. The zero-order chi connectivity index (χ0) is 10.2. The minimum Gasteiger partial charge on any atom is -0.494 e. The number of unbranched alkanes of at least 4 members (excludes halogenated alkanes) is 1. The van der Waals surface area contributed by atoms with Crippen LogP contribution >= 0.6 is 11.6 Å². The molecular formula is C11H15ClO2. The van der Waals surface area contributed by atoms with Crippen molar-refractivity contribution in [3.05, 3.63) is 29.3 Å². The van der Waals surface area contributed by atoms with Gasteiger partial charge in [0.25, 0.3) is 0 Å². The second kappa shape index (κ2) is 6.68. The lowest BCUT2D eigenvalue weighted by atomic mass is 10.3. The van der Waals surface area contributed by atoms with Gasteiger partial charge in [-0.15, -0.1) is 0 Å². The topological polar surface area (TPSA) is 18.5 Å². The molecule has 0 saturated heterocycles. The van der Waals surface area contributed by atoms with Gasteiger partial charge in [0.1, 0.15) is 5.75 Å². The third kappa shape index (κ3) is 4.49. The van der Waals surface area contributed by atoms with Gasteiger partial charge in [0, 0.05) is 18.7 Å². The summed E-state index contributed by atoms with van der Waals surface area (Å²) in [6.45, 7) is 1.52. The molecule has 1 aromatic carbocycles. The highest BCUT2D eigenvalue weighted by Gasteiger charge is 1.93. The first-order valence-electron chi connectivity index (χ1n) is 4.70. The minimum atomic E-state index is 0.727. The molecule has 0 aliphatic heterocycles. The van der Waals surface area contributed by atoms with E-state index in [-0.39, 0.29) is 0 Å². The maximum atomic E-state index is 5.74. The van der Waals surface area contributed by atoms with Gasteiger partial charge in [0.05, 0.1) is 6.61 Å². The van der Waals surface area contributed by atoms with Crippen molar-refractivity contribution >= 4 is 11.6 Å². The second-order valence-corrected chi connectivity index (χ2v) is 3.44. The van der Waals surface area contributed by atoms with Crippen LogP contribution in [0.25, 0.3) is 0 Å². The van der Waals surface area contributed by atoms with Crippen LogP contribution in [0, 0.1) is 0 Å². The smallest absolute Gasteiger partial charge is 0.119 e. The molecule has 1 aromatic rings. The molecule has 14 heavy (non-hydrogen) atoms. The lowest BCUT2D eigenvalue weighted by Gasteiger charge is -2.05. The van der Waals surface area contributed by atoms with Crippen LogP contribution in [-0.4, -0.2) is 20.3 Å². The Kier molecular flexibility index (Phi) is 5.42. The Morgan fingerprint density at radius 2 is 1.71 bits per heavy atom. The fourth-order valence-electron chi connectivity index (χ4n) is 1.07. The third-order valence-corrected chi connectivity index (χ3v) is 2.08. The molecule has 2 nitrogen and oxygen atoms in total. The summed E-state index contributed by atoms with van der Waals surface area (Å²) < 4.78 is 10.4. The molecule has 0 heterocycles.